The number of ether oxygens (including phenoxy) is 1. The van der Waals surface area contributed by atoms with Crippen molar-refractivity contribution in [2.24, 2.45) is 10.7 Å². The third kappa shape index (κ3) is 2.17. The number of aromatic nitrogens is 3. The Kier molecular flexibility index (Phi) is 3.27. The molecule has 0 atom stereocenters. The topological polar surface area (TPSA) is 78.3 Å². The maximum Gasteiger partial charge on any atom is 0.238 e. The van der Waals surface area contributed by atoms with Gasteiger partial charge in [0, 0.05) is 13.2 Å². The summed E-state index contributed by atoms with van der Waals surface area (Å²) in [4.78, 5) is 12.4. The zero-order chi connectivity index (χ0) is 13.1. The molecule has 0 amide bonds. The highest BCUT2D eigenvalue weighted by atomic mass is 16.5. The molecule has 0 aromatic carbocycles. The predicted molar refractivity (Wildman–Crippen MR) is 69.3 cm³/mol. The smallest absolute Gasteiger partial charge is 0.238 e. The molecule has 2 aromatic heterocycles. The first-order valence-electron chi connectivity index (χ1n) is 5.44. The van der Waals surface area contributed by atoms with Crippen molar-refractivity contribution in [1.82, 2.24) is 14.5 Å². The third-order valence-corrected chi connectivity index (χ3v) is 2.53. The Morgan fingerprint density at radius 2 is 2.22 bits per heavy atom. The van der Waals surface area contributed by atoms with E-state index in [4.69, 9.17) is 10.5 Å². The number of amidine groups is 1. The van der Waals surface area contributed by atoms with Crippen LogP contribution in [0.25, 0.3) is 5.69 Å². The van der Waals surface area contributed by atoms with Gasteiger partial charge in [-0.1, -0.05) is 0 Å². The van der Waals surface area contributed by atoms with E-state index in [-0.39, 0.29) is 0 Å². The molecule has 0 fully saturated rings. The van der Waals surface area contributed by atoms with E-state index in [0.29, 0.717) is 17.4 Å². The highest BCUT2D eigenvalue weighted by Gasteiger charge is 2.10. The zero-order valence-corrected chi connectivity index (χ0v) is 10.6. The summed E-state index contributed by atoms with van der Waals surface area (Å²) < 4.78 is 7.13. The first kappa shape index (κ1) is 12.1. The van der Waals surface area contributed by atoms with Crippen molar-refractivity contribution in [3.8, 4) is 11.6 Å². The van der Waals surface area contributed by atoms with E-state index in [9.17, 15) is 0 Å². The number of pyridine rings is 1. The Labute approximate surface area is 105 Å². The molecule has 0 unspecified atom stereocenters. The molecule has 0 aliphatic rings. The number of aryl methyl sites for hydroxylation is 1. The third-order valence-electron chi connectivity index (χ3n) is 2.53. The van der Waals surface area contributed by atoms with Crippen LogP contribution in [0.5, 0.6) is 5.88 Å². The number of rotatable bonds is 3. The molecule has 0 radical (unpaired) electrons. The largest absolute Gasteiger partial charge is 0.479 e. The Hall–Kier alpha value is -2.37. The Morgan fingerprint density at radius 3 is 2.78 bits per heavy atom. The molecule has 2 rings (SSSR count). The molecule has 0 saturated heterocycles. The van der Waals surface area contributed by atoms with E-state index < -0.39 is 0 Å². The lowest BCUT2D eigenvalue weighted by molar-refractivity contribution is 0.395. The maximum absolute atomic E-state index is 5.72. The molecule has 2 N–H and O–H groups in total. The van der Waals surface area contributed by atoms with Gasteiger partial charge in [0.2, 0.25) is 5.88 Å². The van der Waals surface area contributed by atoms with Gasteiger partial charge in [0.15, 0.2) is 0 Å². The van der Waals surface area contributed by atoms with Crippen LogP contribution in [-0.2, 0) is 0 Å². The quantitative estimate of drug-likeness (QED) is 0.644. The minimum atomic E-state index is 0.377. The monoisotopic (exact) mass is 245 g/mol. The standard InChI is InChI=1S/C12H15N5O/c1-8-6-17(7-15-8)10-5-4-9(11(13)14-2)16-12(10)18-3/h4-7H,1-3H3,(H2,13,14). The van der Waals surface area contributed by atoms with E-state index in [1.807, 2.05) is 23.8 Å². The summed E-state index contributed by atoms with van der Waals surface area (Å²) in [6.07, 6.45) is 3.61. The number of methoxy groups -OCH3 is 1. The Morgan fingerprint density at radius 1 is 1.44 bits per heavy atom. The molecular weight excluding hydrogens is 230 g/mol. The second-order valence-corrected chi connectivity index (χ2v) is 3.76. The molecular formula is C12H15N5O. The van der Waals surface area contributed by atoms with Crippen LogP contribution < -0.4 is 10.5 Å². The Balaban J connectivity index is 2.50. The van der Waals surface area contributed by atoms with Crippen LogP contribution >= 0.6 is 0 Å². The molecule has 0 saturated carbocycles. The molecule has 6 nitrogen and oxygen atoms in total. The van der Waals surface area contributed by atoms with Crippen LogP contribution in [0.15, 0.2) is 29.6 Å². The van der Waals surface area contributed by atoms with Gasteiger partial charge in [-0.25, -0.2) is 9.97 Å². The van der Waals surface area contributed by atoms with Crippen LogP contribution in [0.3, 0.4) is 0 Å². The van der Waals surface area contributed by atoms with Crippen LogP contribution in [0.2, 0.25) is 0 Å². The van der Waals surface area contributed by atoms with Gasteiger partial charge in [0.25, 0.3) is 0 Å². The minimum absolute atomic E-state index is 0.377. The first-order valence-corrected chi connectivity index (χ1v) is 5.44. The number of hydrogen-bond donors (Lipinski definition) is 1. The maximum atomic E-state index is 5.72. The van der Waals surface area contributed by atoms with Crippen LogP contribution in [0.4, 0.5) is 0 Å². The van der Waals surface area contributed by atoms with Crippen molar-refractivity contribution < 1.29 is 4.74 Å². The van der Waals surface area contributed by atoms with E-state index >= 15 is 0 Å². The number of hydrogen-bond acceptors (Lipinski definition) is 4. The van der Waals surface area contributed by atoms with Crippen molar-refractivity contribution in [3.05, 3.63) is 36.0 Å². The van der Waals surface area contributed by atoms with Gasteiger partial charge in [0.1, 0.15) is 17.2 Å². The SMILES string of the molecule is CN=C(N)c1ccc(-n2cnc(C)c2)c(OC)n1. The lowest BCUT2D eigenvalue weighted by Crippen LogP contribution is -2.15. The summed E-state index contributed by atoms with van der Waals surface area (Å²) in [7, 11) is 3.19. The average molecular weight is 245 g/mol. The van der Waals surface area contributed by atoms with Crippen molar-refractivity contribution in [2.45, 2.75) is 6.92 Å². The molecule has 0 aliphatic carbocycles. The Bertz CT molecular complexity index is 588. The number of aliphatic imine (C=N–C) groups is 1. The summed E-state index contributed by atoms with van der Waals surface area (Å²) in [5.74, 6) is 0.859. The van der Waals surface area contributed by atoms with Gasteiger partial charge in [-0.2, -0.15) is 0 Å². The molecule has 2 aromatic rings. The van der Waals surface area contributed by atoms with Crippen molar-refractivity contribution >= 4 is 5.84 Å². The molecule has 2 heterocycles. The number of imidazole rings is 1. The van der Waals surface area contributed by atoms with Crippen molar-refractivity contribution in [1.29, 1.82) is 0 Å². The summed E-state index contributed by atoms with van der Waals surface area (Å²) >= 11 is 0. The van der Waals surface area contributed by atoms with Gasteiger partial charge in [-0.3, -0.25) is 4.99 Å². The van der Waals surface area contributed by atoms with Gasteiger partial charge in [0.05, 0.1) is 19.1 Å². The summed E-state index contributed by atoms with van der Waals surface area (Å²) in [5.41, 5.74) is 8.05. The molecule has 6 heteroatoms. The van der Waals surface area contributed by atoms with Gasteiger partial charge < -0.3 is 15.0 Å². The first-order chi connectivity index (χ1) is 8.65. The predicted octanol–water partition coefficient (Wildman–Crippen LogP) is 0.919. The molecule has 94 valence electrons. The fourth-order valence-electron chi connectivity index (χ4n) is 1.59. The summed E-state index contributed by atoms with van der Waals surface area (Å²) in [5, 5.41) is 0. The normalized spacial score (nSPS) is 11.6. The second kappa shape index (κ2) is 4.87. The van der Waals surface area contributed by atoms with E-state index in [1.54, 1.807) is 26.6 Å². The fourth-order valence-corrected chi connectivity index (χ4v) is 1.59. The van der Waals surface area contributed by atoms with Crippen LogP contribution in [-0.4, -0.2) is 34.5 Å². The van der Waals surface area contributed by atoms with E-state index in [0.717, 1.165) is 11.4 Å². The number of nitrogens with two attached hydrogens (primary N) is 1. The second-order valence-electron chi connectivity index (χ2n) is 3.76. The average Bonchev–Trinajstić information content (AvgIpc) is 2.83. The number of nitrogens with zero attached hydrogens (tertiary/aromatic N) is 4. The molecule has 0 spiro atoms. The highest BCUT2D eigenvalue weighted by molar-refractivity contribution is 5.95. The van der Waals surface area contributed by atoms with Gasteiger partial charge in [-0.15, -0.1) is 0 Å². The van der Waals surface area contributed by atoms with Gasteiger partial charge >= 0.3 is 0 Å². The summed E-state index contributed by atoms with van der Waals surface area (Å²) in [6.45, 7) is 1.92. The molecule has 0 bridgehead atoms. The minimum Gasteiger partial charge on any atom is -0.479 e. The summed E-state index contributed by atoms with van der Waals surface area (Å²) in [6, 6.07) is 3.68. The van der Waals surface area contributed by atoms with Gasteiger partial charge in [-0.05, 0) is 19.1 Å². The van der Waals surface area contributed by atoms with Crippen molar-refractivity contribution in [3.63, 3.8) is 0 Å². The highest BCUT2D eigenvalue weighted by Crippen LogP contribution is 2.20. The molecule has 0 aliphatic heterocycles. The van der Waals surface area contributed by atoms with Crippen LogP contribution in [0.1, 0.15) is 11.4 Å². The van der Waals surface area contributed by atoms with E-state index in [1.165, 1.54) is 0 Å². The lowest BCUT2D eigenvalue weighted by Gasteiger charge is -2.09. The zero-order valence-electron chi connectivity index (χ0n) is 10.6. The van der Waals surface area contributed by atoms with E-state index in [2.05, 4.69) is 15.0 Å². The van der Waals surface area contributed by atoms with Crippen molar-refractivity contribution in [2.75, 3.05) is 14.2 Å². The lowest BCUT2D eigenvalue weighted by atomic mass is 10.3. The molecule has 18 heavy (non-hydrogen) atoms. The fraction of sp³-hybridized carbons (Fsp3) is 0.250. The van der Waals surface area contributed by atoms with Crippen LogP contribution in [0, 0.1) is 6.92 Å².